The zero-order valence-corrected chi connectivity index (χ0v) is 30.0. The summed E-state index contributed by atoms with van der Waals surface area (Å²) in [6.45, 7) is 12.5. The van der Waals surface area contributed by atoms with Crippen LogP contribution in [0.1, 0.15) is 104 Å². The molecule has 0 saturated carbocycles. The molecule has 1 aromatic carbocycles. The molecule has 1 aliphatic carbocycles. The van der Waals surface area contributed by atoms with Crippen molar-refractivity contribution in [3.05, 3.63) is 35.4 Å². The minimum atomic E-state index is -0.890. The Morgan fingerprint density at radius 2 is 1.67 bits per heavy atom. The highest BCUT2D eigenvalue weighted by atomic mass is 16.6. The number of hydrogen-bond acceptors (Lipinski definition) is 8. The van der Waals surface area contributed by atoms with Gasteiger partial charge in [0.05, 0.1) is 25.6 Å². The van der Waals surface area contributed by atoms with Crippen LogP contribution in [0.25, 0.3) is 0 Å². The lowest BCUT2D eigenvalue weighted by Gasteiger charge is -2.36. The minimum absolute atomic E-state index is 0.0657. The number of aryl methyl sites for hydroxylation is 1. The fraction of sp³-hybridized carbons (Fsp3) is 0.667. The third-order valence-corrected chi connectivity index (χ3v) is 9.20. The van der Waals surface area contributed by atoms with E-state index in [1.165, 1.54) is 29.5 Å². The van der Waals surface area contributed by atoms with E-state index in [0.29, 0.717) is 0 Å². The van der Waals surface area contributed by atoms with Crippen molar-refractivity contribution in [3.8, 4) is 0 Å². The number of methoxy groups -OCH3 is 1. The number of amides is 4. The molecule has 2 aliphatic rings. The molecule has 1 saturated heterocycles. The average Bonchev–Trinajstić information content (AvgIpc) is 3.43. The lowest BCUT2D eigenvalue weighted by atomic mass is 9.76. The van der Waals surface area contributed by atoms with Crippen LogP contribution >= 0.6 is 0 Å². The van der Waals surface area contributed by atoms with Gasteiger partial charge < -0.3 is 29.9 Å². The first-order chi connectivity index (χ1) is 22.3. The molecule has 4 amide bonds. The second kappa shape index (κ2) is 16.0. The second-order valence-corrected chi connectivity index (χ2v) is 15.1. The topological polar surface area (TPSA) is 151 Å². The molecule has 5 atom stereocenters. The largest absolute Gasteiger partial charge is 0.469 e. The summed E-state index contributed by atoms with van der Waals surface area (Å²) in [5.74, 6) is -2.74. The number of nitrogens with one attached hydrogen (secondary N) is 2. The molecule has 12 heteroatoms. The molecular weight excluding hydrogens is 616 g/mol. The molecule has 1 unspecified atom stereocenters. The van der Waals surface area contributed by atoms with Gasteiger partial charge in [-0.25, -0.2) is 4.79 Å². The molecule has 12 nitrogen and oxygen atoms in total. The third-order valence-electron chi connectivity index (χ3n) is 9.20. The third kappa shape index (κ3) is 10.3. The lowest BCUT2D eigenvalue weighted by Crippen LogP contribution is -2.51. The van der Waals surface area contributed by atoms with Crippen molar-refractivity contribution in [2.45, 2.75) is 123 Å². The van der Waals surface area contributed by atoms with Crippen molar-refractivity contribution in [1.29, 1.82) is 0 Å². The molecule has 48 heavy (non-hydrogen) atoms. The van der Waals surface area contributed by atoms with E-state index in [-0.39, 0.29) is 61.8 Å². The Morgan fingerprint density at radius 1 is 1.00 bits per heavy atom. The van der Waals surface area contributed by atoms with Crippen LogP contribution in [0, 0.1) is 11.3 Å². The number of likely N-dealkylation sites (tertiary alicyclic amines) is 1. The number of carbonyl (C=O) groups excluding carboxylic acids is 6. The number of likely N-dealkylation sites (N-methyl/N-ethyl adjacent to an activating group) is 1. The summed E-state index contributed by atoms with van der Waals surface area (Å²) in [6.07, 6.45) is 1.80. The highest BCUT2D eigenvalue weighted by molar-refractivity contribution is 5.94. The normalized spacial score (nSPS) is 20.5. The van der Waals surface area contributed by atoms with Gasteiger partial charge in [0.15, 0.2) is 5.78 Å². The molecule has 0 aromatic heterocycles. The van der Waals surface area contributed by atoms with Crippen LogP contribution in [-0.4, -0.2) is 89.8 Å². The zero-order valence-electron chi connectivity index (χ0n) is 30.0. The van der Waals surface area contributed by atoms with E-state index in [1.807, 2.05) is 39.0 Å². The van der Waals surface area contributed by atoms with Gasteiger partial charge in [-0.3, -0.25) is 24.0 Å². The van der Waals surface area contributed by atoms with Gasteiger partial charge >= 0.3 is 12.1 Å². The molecule has 1 aliphatic heterocycles. The van der Waals surface area contributed by atoms with Gasteiger partial charge in [0.25, 0.3) is 0 Å². The minimum Gasteiger partial charge on any atom is -0.469 e. The second-order valence-electron chi connectivity index (χ2n) is 15.1. The van der Waals surface area contributed by atoms with Crippen LogP contribution in [0.15, 0.2) is 24.3 Å². The summed E-state index contributed by atoms with van der Waals surface area (Å²) in [4.78, 5) is 81.8. The quantitative estimate of drug-likeness (QED) is 0.334. The van der Waals surface area contributed by atoms with E-state index < -0.39 is 47.1 Å². The van der Waals surface area contributed by atoms with E-state index in [4.69, 9.17) is 4.74 Å². The van der Waals surface area contributed by atoms with E-state index >= 15 is 0 Å². The number of fused-ring (bicyclic) bond motifs is 1. The van der Waals surface area contributed by atoms with E-state index in [0.717, 1.165) is 24.8 Å². The first kappa shape index (κ1) is 38.5. The first-order valence-electron chi connectivity index (χ1n) is 16.9. The summed E-state index contributed by atoms with van der Waals surface area (Å²) >= 11 is 0. The summed E-state index contributed by atoms with van der Waals surface area (Å²) < 4.78 is 10.1. The van der Waals surface area contributed by atoms with Crippen molar-refractivity contribution >= 4 is 35.6 Å². The van der Waals surface area contributed by atoms with Gasteiger partial charge in [0.2, 0.25) is 17.7 Å². The number of carbonyl (C=O) groups is 6. The fourth-order valence-electron chi connectivity index (χ4n) is 6.27. The Kier molecular flexibility index (Phi) is 12.8. The van der Waals surface area contributed by atoms with Crippen LogP contribution in [0.5, 0.6) is 0 Å². The van der Waals surface area contributed by atoms with Crippen LogP contribution in [0.4, 0.5) is 4.79 Å². The molecule has 1 aromatic rings. The molecule has 1 fully saturated rings. The van der Waals surface area contributed by atoms with E-state index in [1.54, 1.807) is 27.7 Å². The number of esters is 1. The maximum Gasteiger partial charge on any atom is 0.410 e. The van der Waals surface area contributed by atoms with Crippen molar-refractivity contribution in [1.82, 2.24) is 20.4 Å². The van der Waals surface area contributed by atoms with Crippen molar-refractivity contribution < 1.29 is 38.2 Å². The van der Waals surface area contributed by atoms with Gasteiger partial charge in [-0.15, -0.1) is 0 Å². The summed E-state index contributed by atoms with van der Waals surface area (Å²) in [5, 5.41) is 6.06. The van der Waals surface area contributed by atoms with Gasteiger partial charge in [0, 0.05) is 38.4 Å². The molecule has 266 valence electrons. The highest BCUT2D eigenvalue weighted by Gasteiger charge is 2.46. The Labute approximate surface area is 284 Å². The molecule has 1 heterocycles. The first-order valence-corrected chi connectivity index (χ1v) is 16.9. The molecule has 0 spiro atoms. The Balaban J connectivity index is 1.85. The highest BCUT2D eigenvalue weighted by Crippen LogP contribution is 2.35. The van der Waals surface area contributed by atoms with Crippen molar-refractivity contribution in [2.75, 3.05) is 20.7 Å². The Morgan fingerprint density at radius 3 is 2.29 bits per heavy atom. The fourth-order valence-corrected chi connectivity index (χ4v) is 6.27. The molecule has 0 bridgehead atoms. The van der Waals surface area contributed by atoms with Gasteiger partial charge in [-0.2, -0.15) is 0 Å². The summed E-state index contributed by atoms with van der Waals surface area (Å²) in [6, 6.07) is 5.50. The predicted molar refractivity (Wildman–Crippen MR) is 180 cm³/mol. The Hall–Kier alpha value is -3.96. The number of hydrogen-bond donors (Lipinski definition) is 2. The number of rotatable bonds is 11. The molecule has 2 N–H and O–H groups in total. The SMILES string of the molecule is COC(=O)CCC(=O)N[C@H]1C[C@@H](C(=O)NC2CCCc3ccccc32)N(C(=O)[C@@H](CC(=O)[C@H](C)N(C)C(=O)OC(C)(C)C)C(C)(C)C)C1. The van der Waals surface area contributed by atoms with Crippen LogP contribution in [0.2, 0.25) is 0 Å². The predicted octanol–water partition coefficient (Wildman–Crippen LogP) is 4.10. The Bertz CT molecular complexity index is 1360. The standard InChI is InChI=1S/C36H54N4O8/c1-22(39(8)34(46)48-36(5,6)7)29(41)20-26(35(2,3)4)33(45)40-21-24(37-30(42)17-18-31(43)47-9)19-28(40)32(44)38-27-16-12-14-23-13-10-11-15-25(23)27/h10-11,13,15,22,24,26-28H,12,14,16-21H2,1-9H3,(H,37,42)(H,38,44)/t22-,24-,26+,27?,28-/m0/s1. The van der Waals surface area contributed by atoms with Gasteiger partial charge in [-0.1, -0.05) is 45.0 Å². The number of ketones is 1. The summed E-state index contributed by atoms with van der Waals surface area (Å²) in [7, 11) is 2.74. The van der Waals surface area contributed by atoms with Gasteiger partial charge in [-0.05, 0) is 69.9 Å². The average molecular weight is 671 g/mol. The van der Waals surface area contributed by atoms with Crippen LogP contribution in [-0.2, 0) is 39.9 Å². The smallest absolute Gasteiger partial charge is 0.410 e. The number of nitrogens with zero attached hydrogens (tertiary/aromatic N) is 2. The van der Waals surface area contributed by atoms with E-state index in [2.05, 4.69) is 21.4 Å². The number of Topliss-reactive ketones (excluding diaryl/α,β-unsaturated/α-hetero) is 1. The van der Waals surface area contributed by atoms with Gasteiger partial charge in [0.1, 0.15) is 11.6 Å². The molecule has 0 radical (unpaired) electrons. The monoisotopic (exact) mass is 670 g/mol. The van der Waals surface area contributed by atoms with Crippen LogP contribution in [0.3, 0.4) is 0 Å². The maximum absolute atomic E-state index is 14.4. The number of ether oxygens (including phenoxy) is 2. The molecular formula is C36H54N4O8. The maximum atomic E-state index is 14.4. The zero-order chi connectivity index (χ0) is 36.0. The lowest BCUT2D eigenvalue weighted by molar-refractivity contribution is -0.146. The van der Waals surface area contributed by atoms with Crippen molar-refractivity contribution in [3.63, 3.8) is 0 Å². The van der Waals surface area contributed by atoms with Crippen LogP contribution < -0.4 is 10.6 Å². The van der Waals surface area contributed by atoms with Crippen molar-refractivity contribution in [2.24, 2.45) is 11.3 Å². The van der Waals surface area contributed by atoms with E-state index in [9.17, 15) is 28.8 Å². The summed E-state index contributed by atoms with van der Waals surface area (Å²) in [5.41, 5.74) is 0.819. The molecule has 3 rings (SSSR count). The number of benzene rings is 1.